The standard InChI is InChI=1S/C12H11NOS/c14-11(9-6-13-7-9)10-3-1-2-8-4-5-15-12(8)10/h1-5,9,13H,6-7H2. The maximum atomic E-state index is 12.1. The third-order valence-electron chi connectivity index (χ3n) is 2.90. The maximum Gasteiger partial charge on any atom is 0.169 e. The van der Waals surface area contributed by atoms with Gasteiger partial charge in [0.1, 0.15) is 0 Å². The highest BCUT2D eigenvalue weighted by atomic mass is 32.1. The Morgan fingerprint density at radius 1 is 1.33 bits per heavy atom. The Hall–Kier alpha value is -1.19. The second kappa shape index (κ2) is 3.43. The molecule has 0 atom stereocenters. The largest absolute Gasteiger partial charge is 0.315 e. The minimum Gasteiger partial charge on any atom is -0.315 e. The van der Waals surface area contributed by atoms with Gasteiger partial charge in [0.15, 0.2) is 5.78 Å². The molecule has 0 amide bonds. The smallest absolute Gasteiger partial charge is 0.169 e. The molecule has 1 aromatic heterocycles. The molecule has 1 N–H and O–H groups in total. The van der Waals surface area contributed by atoms with Crippen molar-refractivity contribution >= 4 is 27.2 Å². The lowest BCUT2D eigenvalue weighted by molar-refractivity contribution is 0.0880. The van der Waals surface area contributed by atoms with Crippen molar-refractivity contribution in [1.29, 1.82) is 0 Å². The Morgan fingerprint density at radius 2 is 2.20 bits per heavy atom. The summed E-state index contributed by atoms with van der Waals surface area (Å²) in [6, 6.07) is 8.03. The maximum absolute atomic E-state index is 12.1. The average Bonchev–Trinajstić information content (AvgIpc) is 2.61. The van der Waals surface area contributed by atoms with Crippen LogP contribution in [0.15, 0.2) is 29.6 Å². The number of carbonyl (C=O) groups is 1. The molecular weight excluding hydrogens is 206 g/mol. The van der Waals surface area contributed by atoms with Gasteiger partial charge in [-0.25, -0.2) is 0 Å². The highest BCUT2D eigenvalue weighted by molar-refractivity contribution is 7.17. The highest BCUT2D eigenvalue weighted by Gasteiger charge is 2.26. The number of fused-ring (bicyclic) bond motifs is 1. The van der Waals surface area contributed by atoms with Crippen molar-refractivity contribution in [2.75, 3.05) is 13.1 Å². The lowest BCUT2D eigenvalue weighted by atomic mass is 9.92. The van der Waals surface area contributed by atoms with Crippen molar-refractivity contribution < 1.29 is 4.79 Å². The first kappa shape index (κ1) is 9.07. The van der Waals surface area contributed by atoms with Gasteiger partial charge in [0.25, 0.3) is 0 Å². The third kappa shape index (κ3) is 1.39. The third-order valence-corrected chi connectivity index (χ3v) is 3.86. The molecule has 0 saturated carbocycles. The lowest BCUT2D eigenvalue weighted by Gasteiger charge is -2.25. The van der Waals surface area contributed by atoms with Gasteiger partial charge >= 0.3 is 0 Å². The van der Waals surface area contributed by atoms with E-state index in [2.05, 4.69) is 17.4 Å². The minimum atomic E-state index is 0.192. The molecule has 1 aromatic carbocycles. The van der Waals surface area contributed by atoms with Crippen molar-refractivity contribution in [3.8, 4) is 0 Å². The van der Waals surface area contributed by atoms with Gasteiger partial charge in [0.05, 0.1) is 0 Å². The highest BCUT2D eigenvalue weighted by Crippen LogP contribution is 2.27. The molecular formula is C12H11NOS. The van der Waals surface area contributed by atoms with Gasteiger partial charge in [-0.05, 0) is 22.9 Å². The zero-order valence-corrected chi connectivity index (χ0v) is 9.01. The van der Waals surface area contributed by atoms with Crippen LogP contribution in [0.25, 0.3) is 10.1 Å². The second-order valence-corrected chi connectivity index (χ2v) is 4.78. The summed E-state index contributed by atoms with van der Waals surface area (Å²) in [5.74, 6) is 0.486. The molecule has 2 nitrogen and oxygen atoms in total. The zero-order valence-electron chi connectivity index (χ0n) is 8.19. The van der Waals surface area contributed by atoms with Gasteiger partial charge in [-0.3, -0.25) is 4.79 Å². The van der Waals surface area contributed by atoms with E-state index >= 15 is 0 Å². The molecule has 0 unspecified atom stereocenters. The number of thiophene rings is 1. The summed E-state index contributed by atoms with van der Waals surface area (Å²) in [6.07, 6.45) is 0. The fourth-order valence-corrected chi connectivity index (χ4v) is 2.80. The Bertz CT molecular complexity index is 513. The van der Waals surface area contributed by atoms with Gasteiger partial charge < -0.3 is 5.32 Å². The molecule has 1 fully saturated rings. The van der Waals surface area contributed by atoms with E-state index in [0.717, 1.165) is 23.4 Å². The first-order chi connectivity index (χ1) is 7.36. The topological polar surface area (TPSA) is 29.1 Å². The van der Waals surface area contributed by atoms with Crippen LogP contribution in [-0.4, -0.2) is 18.9 Å². The van der Waals surface area contributed by atoms with Crippen LogP contribution in [0.5, 0.6) is 0 Å². The van der Waals surface area contributed by atoms with Crippen LogP contribution in [0.1, 0.15) is 10.4 Å². The first-order valence-electron chi connectivity index (χ1n) is 5.07. The Balaban J connectivity index is 2.09. The van der Waals surface area contributed by atoms with Gasteiger partial charge in [0.2, 0.25) is 0 Å². The molecule has 0 spiro atoms. The van der Waals surface area contributed by atoms with E-state index in [1.807, 2.05) is 17.5 Å². The van der Waals surface area contributed by atoms with E-state index in [1.54, 1.807) is 11.3 Å². The molecule has 15 heavy (non-hydrogen) atoms. The minimum absolute atomic E-state index is 0.192. The number of nitrogens with one attached hydrogen (secondary N) is 1. The lowest BCUT2D eigenvalue weighted by Crippen LogP contribution is -2.46. The first-order valence-corrected chi connectivity index (χ1v) is 5.95. The van der Waals surface area contributed by atoms with Crippen LogP contribution >= 0.6 is 11.3 Å². The van der Waals surface area contributed by atoms with E-state index in [-0.39, 0.29) is 5.92 Å². The molecule has 0 bridgehead atoms. The number of benzene rings is 1. The molecule has 3 rings (SSSR count). The Labute approximate surface area is 91.9 Å². The molecule has 2 heterocycles. The van der Waals surface area contributed by atoms with Gasteiger partial charge in [-0.15, -0.1) is 11.3 Å². The fourth-order valence-electron chi connectivity index (χ4n) is 1.88. The Kier molecular flexibility index (Phi) is 2.08. The van der Waals surface area contributed by atoms with Crippen molar-refractivity contribution in [1.82, 2.24) is 5.32 Å². The summed E-state index contributed by atoms with van der Waals surface area (Å²) in [7, 11) is 0. The van der Waals surface area contributed by atoms with Gasteiger partial charge in [0, 0.05) is 29.3 Å². The zero-order chi connectivity index (χ0) is 10.3. The van der Waals surface area contributed by atoms with Crippen molar-refractivity contribution in [2.24, 2.45) is 5.92 Å². The summed E-state index contributed by atoms with van der Waals surface area (Å²) in [6.45, 7) is 1.67. The Morgan fingerprint density at radius 3 is 2.93 bits per heavy atom. The molecule has 3 heteroatoms. The number of carbonyl (C=O) groups excluding carboxylic acids is 1. The molecule has 0 aliphatic carbocycles. The van der Waals surface area contributed by atoms with E-state index in [0.29, 0.717) is 5.78 Å². The van der Waals surface area contributed by atoms with E-state index in [1.165, 1.54) is 5.39 Å². The van der Waals surface area contributed by atoms with Crippen LogP contribution in [0.3, 0.4) is 0 Å². The number of rotatable bonds is 2. The summed E-state index contributed by atoms with van der Waals surface area (Å²) in [5.41, 5.74) is 0.897. The predicted molar refractivity (Wildman–Crippen MR) is 62.5 cm³/mol. The molecule has 1 saturated heterocycles. The molecule has 1 aliphatic heterocycles. The van der Waals surface area contributed by atoms with Gasteiger partial charge in [-0.2, -0.15) is 0 Å². The summed E-state index contributed by atoms with van der Waals surface area (Å²) in [5, 5.41) is 6.36. The monoisotopic (exact) mass is 217 g/mol. The quantitative estimate of drug-likeness (QED) is 0.782. The van der Waals surface area contributed by atoms with E-state index in [4.69, 9.17) is 0 Å². The summed E-state index contributed by atoms with van der Waals surface area (Å²) in [4.78, 5) is 12.1. The summed E-state index contributed by atoms with van der Waals surface area (Å²) >= 11 is 1.65. The van der Waals surface area contributed by atoms with Crippen molar-refractivity contribution in [2.45, 2.75) is 0 Å². The normalized spacial score (nSPS) is 16.5. The van der Waals surface area contributed by atoms with Crippen LogP contribution in [0, 0.1) is 5.92 Å². The van der Waals surface area contributed by atoms with E-state index in [9.17, 15) is 4.79 Å². The SMILES string of the molecule is O=C(c1cccc2ccsc12)C1CNC1. The van der Waals surface area contributed by atoms with Gasteiger partial charge in [-0.1, -0.05) is 12.1 Å². The van der Waals surface area contributed by atoms with Crippen molar-refractivity contribution in [3.63, 3.8) is 0 Å². The summed E-state index contributed by atoms with van der Waals surface area (Å²) < 4.78 is 1.13. The van der Waals surface area contributed by atoms with E-state index < -0.39 is 0 Å². The number of hydrogen-bond acceptors (Lipinski definition) is 3. The second-order valence-electron chi connectivity index (χ2n) is 3.86. The molecule has 1 aliphatic rings. The molecule has 0 radical (unpaired) electrons. The van der Waals surface area contributed by atoms with Crippen LogP contribution < -0.4 is 5.32 Å². The van der Waals surface area contributed by atoms with Crippen LogP contribution in [-0.2, 0) is 0 Å². The number of Topliss-reactive ketones (excluding diaryl/α,β-unsaturated/α-hetero) is 1. The van der Waals surface area contributed by atoms with Crippen LogP contribution in [0.4, 0.5) is 0 Å². The number of hydrogen-bond donors (Lipinski definition) is 1. The average molecular weight is 217 g/mol. The number of ketones is 1. The molecule has 2 aromatic rings. The fraction of sp³-hybridized carbons (Fsp3) is 0.250. The molecule has 76 valence electrons. The van der Waals surface area contributed by atoms with Crippen molar-refractivity contribution in [3.05, 3.63) is 35.2 Å². The predicted octanol–water partition coefficient (Wildman–Crippen LogP) is 2.30. The van der Waals surface area contributed by atoms with Crippen LogP contribution in [0.2, 0.25) is 0 Å².